The van der Waals surface area contributed by atoms with Gasteiger partial charge < -0.3 is 14.9 Å². The lowest BCUT2D eigenvalue weighted by Crippen LogP contribution is -2.42. The molecule has 0 aliphatic carbocycles. The van der Waals surface area contributed by atoms with E-state index < -0.39 is 35.3 Å². The highest BCUT2D eigenvalue weighted by atomic mass is 16.6. The molecule has 0 spiro atoms. The van der Waals surface area contributed by atoms with Crippen molar-refractivity contribution in [2.75, 3.05) is 0 Å². The maximum absolute atomic E-state index is 11.8. The van der Waals surface area contributed by atoms with Crippen molar-refractivity contribution in [3.8, 4) is 0 Å². The molecule has 0 radical (unpaired) electrons. The molecule has 0 amide bonds. The van der Waals surface area contributed by atoms with Crippen molar-refractivity contribution in [1.82, 2.24) is 9.55 Å². The highest BCUT2D eigenvalue weighted by Crippen LogP contribution is 2.41. The fourth-order valence-corrected chi connectivity index (χ4v) is 2.85. The minimum atomic E-state index is -1.22. The third-order valence-corrected chi connectivity index (χ3v) is 4.19. The number of hydrogen-bond acceptors (Lipinski definition) is 5. The summed E-state index contributed by atoms with van der Waals surface area (Å²) in [4.78, 5) is 25.1. The van der Waals surface area contributed by atoms with Crippen molar-refractivity contribution in [2.24, 2.45) is 0 Å². The summed E-state index contributed by atoms with van der Waals surface area (Å²) >= 11 is 0. The summed E-state index contributed by atoms with van der Waals surface area (Å²) in [7, 11) is 0. The van der Waals surface area contributed by atoms with E-state index in [4.69, 9.17) is 4.74 Å². The number of aliphatic hydroxyl groups excluding tert-OH is 2. The third-order valence-electron chi connectivity index (χ3n) is 4.19. The van der Waals surface area contributed by atoms with Gasteiger partial charge in [-0.15, -0.1) is 0 Å². The average molecular weight is 298 g/mol. The second-order valence-electron chi connectivity index (χ2n) is 5.48. The normalized spacial score (nSPS) is 32.5. The van der Waals surface area contributed by atoms with Crippen LogP contribution in [0.2, 0.25) is 0 Å². The van der Waals surface area contributed by atoms with Gasteiger partial charge in [0.1, 0.15) is 12.2 Å². The van der Waals surface area contributed by atoms with E-state index in [2.05, 4.69) is 4.98 Å². The number of aliphatic hydroxyl groups is 2. The summed E-state index contributed by atoms with van der Waals surface area (Å²) in [6.45, 7) is 3.91. The van der Waals surface area contributed by atoms with Crippen LogP contribution in [0.3, 0.4) is 0 Å². The Balaban J connectivity index is 2.34. The van der Waals surface area contributed by atoms with Crippen LogP contribution in [0.1, 0.15) is 45.8 Å². The summed E-state index contributed by atoms with van der Waals surface area (Å²) in [5.41, 5.74) is -2.05. The van der Waals surface area contributed by atoms with Crippen molar-refractivity contribution in [3.63, 3.8) is 0 Å². The summed E-state index contributed by atoms with van der Waals surface area (Å²) < 4.78 is 6.98. The van der Waals surface area contributed by atoms with Crippen LogP contribution in [0.25, 0.3) is 0 Å². The van der Waals surface area contributed by atoms with Gasteiger partial charge in [-0.1, -0.05) is 26.7 Å². The molecule has 1 unspecified atom stereocenters. The van der Waals surface area contributed by atoms with Crippen molar-refractivity contribution < 1.29 is 14.9 Å². The minimum absolute atomic E-state index is 0.517. The van der Waals surface area contributed by atoms with Gasteiger partial charge in [-0.3, -0.25) is 14.3 Å². The Labute approximate surface area is 122 Å². The zero-order chi connectivity index (χ0) is 15.6. The number of nitrogens with one attached hydrogen (secondary N) is 1. The largest absolute Gasteiger partial charge is 0.387 e. The van der Waals surface area contributed by atoms with E-state index in [-0.39, 0.29) is 0 Å². The highest BCUT2D eigenvalue weighted by Gasteiger charge is 2.53. The first-order valence-corrected chi connectivity index (χ1v) is 7.30. The Bertz CT molecular complexity index is 596. The van der Waals surface area contributed by atoms with Crippen LogP contribution in [-0.4, -0.2) is 37.6 Å². The van der Waals surface area contributed by atoms with E-state index in [9.17, 15) is 19.8 Å². The average Bonchev–Trinajstić information content (AvgIpc) is 2.71. The summed E-state index contributed by atoms with van der Waals surface area (Å²) in [5, 5.41) is 20.6. The van der Waals surface area contributed by atoms with Gasteiger partial charge in [0.05, 0.1) is 5.60 Å². The monoisotopic (exact) mass is 298 g/mol. The van der Waals surface area contributed by atoms with E-state index >= 15 is 0 Å². The number of rotatable bonds is 5. The lowest BCUT2D eigenvalue weighted by Gasteiger charge is -2.30. The standard InChI is InChI=1S/C14H22N2O5/c1-3-5-7-14(4-2)11(19)10(18)12(21-14)16-8-6-9(17)15-13(16)20/h6,8,10-12,18-19H,3-5,7H2,1-2H3,(H,15,17,20)/t10?,11-,12-,14+/m1/s1. The highest BCUT2D eigenvalue weighted by molar-refractivity contribution is 5.01. The van der Waals surface area contributed by atoms with Gasteiger partial charge in [0, 0.05) is 12.3 Å². The zero-order valence-electron chi connectivity index (χ0n) is 12.3. The van der Waals surface area contributed by atoms with E-state index in [0.717, 1.165) is 17.4 Å². The molecule has 0 aromatic carbocycles. The van der Waals surface area contributed by atoms with Gasteiger partial charge in [0.2, 0.25) is 0 Å². The predicted molar refractivity (Wildman–Crippen MR) is 76.0 cm³/mol. The predicted octanol–water partition coefficient (Wildman–Crippen LogP) is 0.126. The van der Waals surface area contributed by atoms with Crippen LogP contribution < -0.4 is 11.2 Å². The molecule has 3 N–H and O–H groups in total. The molecular formula is C14H22N2O5. The lowest BCUT2D eigenvalue weighted by atomic mass is 9.87. The van der Waals surface area contributed by atoms with Crippen molar-refractivity contribution >= 4 is 0 Å². The number of ether oxygens (including phenoxy) is 1. The molecule has 4 atom stereocenters. The molecule has 2 rings (SSSR count). The molecule has 21 heavy (non-hydrogen) atoms. The van der Waals surface area contributed by atoms with Crippen LogP contribution in [0.5, 0.6) is 0 Å². The van der Waals surface area contributed by atoms with Gasteiger partial charge >= 0.3 is 5.69 Å². The topological polar surface area (TPSA) is 105 Å². The van der Waals surface area contributed by atoms with Gasteiger partial charge in [-0.25, -0.2) is 4.79 Å². The van der Waals surface area contributed by atoms with Crippen LogP contribution in [0.15, 0.2) is 21.9 Å². The van der Waals surface area contributed by atoms with Gasteiger partial charge in [-0.05, 0) is 12.8 Å². The van der Waals surface area contributed by atoms with Gasteiger partial charge in [0.25, 0.3) is 5.56 Å². The Hall–Kier alpha value is -1.44. The van der Waals surface area contributed by atoms with Crippen molar-refractivity contribution in [2.45, 2.75) is 63.6 Å². The number of aromatic nitrogens is 2. The van der Waals surface area contributed by atoms with Crippen LogP contribution in [-0.2, 0) is 4.74 Å². The first kappa shape index (κ1) is 15.9. The maximum Gasteiger partial charge on any atom is 0.330 e. The van der Waals surface area contributed by atoms with Crippen LogP contribution in [0.4, 0.5) is 0 Å². The molecule has 7 nitrogen and oxygen atoms in total. The SMILES string of the molecule is CCCC[C@]1(CC)O[C@@H](n2ccc(=O)[nH]c2=O)C(O)[C@H]1O. The molecule has 7 heteroatoms. The van der Waals surface area contributed by atoms with E-state index in [0.29, 0.717) is 12.8 Å². The van der Waals surface area contributed by atoms with Gasteiger partial charge in [-0.2, -0.15) is 0 Å². The number of hydrogen-bond donors (Lipinski definition) is 3. The van der Waals surface area contributed by atoms with Crippen molar-refractivity contribution in [1.29, 1.82) is 0 Å². The smallest absolute Gasteiger partial charge is 0.330 e. The summed E-state index contributed by atoms with van der Waals surface area (Å²) in [5.74, 6) is 0. The van der Waals surface area contributed by atoms with E-state index in [1.165, 1.54) is 12.3 Å². The molecule has 1 aromatic rings. The van der Waals surface area contributed by atoms with Crippen LogP contribution in [0, 0.1) is 0 Å². The van der Waals surface area contributed by atoms with Gasteiger partial charge in [0.15, 0.2) is 6.23 Å². The Morgan fingerprint density at radius 2 is 2.10 bits per heavy atom. The zero-order valence-corrected chi connectivity index (χ0v) is 12.3. The second-order valence-corrected chi connectivity index (χ2v) is 5.48. The fourth-order valence-electron chi connectivity index (χ4n) is 2.85. The molecule has 1 fully saturated rings. The molecule has 1 saturated heterocycles. The quantitative estimate of drug-likeness (QED) is 0.716. The minimum Gasteiger partial charge on any atom is -0.387 e. The van der Waals surface area contributed by atoms with E-state index in [1.54, 1.807) is 0 Å². The fraction of sp³-hybridized carbons (Fsp3) is 0.714. The Morgan fingerprint density at radius 1 is 1.38 bits per heavy atom. The number of H-pyrrole nitrogens is 1. The summed E-state index contributed by atoms with van der Waals surface area (Å²) in [6.07, 6.45) is 0.909. The molecule has 1 aromatic heterocycles. The Morgan fingerprint density at radius 3 is 2.67 bits per heavy atom. The second kappa shape index (κ2) is 6.13. The first-order chi connectivity index (χ1) is 9.95. The number of unbranched alkanes of at least 4 members (excludes halogenated alkanes) is 1. The molecular weight excluding hydrogens is 276 g/mol. The maximum atomic E-state index is 11.8. The molecule has 1 aliphatic rings. The van der Waals surface area contributed by atoms with Crippen LogP contribution >= 0.6 is 0 Å². The molecule has 1 aliphatic heterocycles. The van der Waals surface area contributed by atoms with E-state index in [1.807, 2.05) is 13.8 Å². The van der Waals surface area contributed by atoms with Crippen molar-refractivity contribution in [3.05, 3.63) is 33.1 Å². The third kappa shape index (κ3) is 2.81. The summed E-state index contributed by atoms with van der Waals surface area (Å²) in [6, 6.07) is 1.18. The number of aromatic amines is 1. The molecule has 0 bridgehead atoms. The number of nitrogens with zero attached hydrogens (tertiary/aromatic N) is 1. The molecule has 2 heterocycles. The molecule has 118 valence electrons. The Kier molecular flexibility index (Phi) is 4.65. The lowest BCUT2D eigenvalue weighted by molar-refractivity contribution is -0.112. The molecule has 0 saturated carbocycles. The first-order valence-electron chi connectivity index (χ1n) is 7.30.